The van der Waals surface area contributed by atoms with Gasteiger partial charge in [-0.2, -0.15) is 0 Å². The van der Waals surface area contributed by atoms with Gasteiger partial charge in [-0.3, -0.25) is 0 Å². The summed E-state index contributed by atoms with van der Waals surface area (Å²) >= 11 is 12.8. The molecule has 6 heteroatoms. The molecule has 2 rings (SSSR count). The first kappa shape index (κ1) is 8.04. The van der Waals surface area contributed by atoms with Crippen LogP contribution in [0, 0.1) is 0 Å². The van der Waals surface area contributed by atoms with Gasteiger partial charge in [0.05, 0.1) is 15.7 Å². The maximum Gasteiger partial charge on any atom is 0.126 e. The fourth-order valence-corrected chi connectivity index (χ4v) is 2.15. The Balaban J connectivity index is 2.97. The quantitative estimate of drug-likeness (QED) is 0.694. The molecule has 62 valence electrons. The molecule has 0 saturated heterocycles. The van der Waals surface area contributed by atoms with Crippen molar-refractivity contribution in [3.05, 3.63) is 16.1 Å². The highest BCUT2D eigenvalue weighted by molar-refractivity contribution is 7.13. The summed E-state index contributed by atoms with van der Waals surface area (Å²) in [6.07, 6.45) is 0. The minimum Gasteiger partial charge on any atom is -0.396 e. The Kier molecular flexibility index (Phi) is 1.83. The zero-order chi connectivity index (χ0) is 8.72. The molecule has 0 aliphatic carbocycles. The zero-order valence-corrected chi connectivity index (χ0v) is 8.04. The smallest absolute Gasteiger partial charge is 0.126 e. The number of benzene rings is 1. The number of aromatic nitrogens is 2. The van der Waals surface area contributed by atoms with Crippen LogP contribution in [-0.2, 0) is 0 Å². The first-order valence-electron chi connectivity index (χ1n) is 3.05. The summed E-state index contributed by atoms with van der Waals surface area (Å²) in [5, 5.41) is 4.75. The van der Waals surface area contributed by atoms with Crippen LogP contribution in [-0.4, -0.2) is 9.59 Å². The Morgan fingerprint density at radius 2 is 2.08 bits per heavy atom. The van der Waals surface area contributed by atoms with E-state index in [1.54, 1.807) is 6.07 Å². The first-order chi connectivity index (χ1) is 5.70. The Hall–Kier alpha value is -0.580. The average molecular weight is 220 g/mol. The van der Waals surface area contributed by atoms with Gasteiger partial charge in [0.2, 0.25) is 0 Å². The minimum absolute atomic E-state index is 0.443. The van der Waals surface area contributed by atoms with Gasteiger partial charge < -0.3 is 5.73 Å². The molecule has 0 amide bonds. The van der Waals surface area contributed by atoms with Crippen LogP contribution in [0.4, 0.5) is 5.69 Å². The molecule has 2 N–H and O–H groups in total. The van der Waals surface area contributed by atoms with E-state index in [0.717, 1.165) is 4.70 Å². The molecule has 2 aromatic rings. The Morgan fingerprint density at radius 3 is 2.83 bits per heavy atom. The number of hydrogen-bond acceptors (Lipinski definition) is 4. The van der Waals surface area contributed by atoms with Gasteiger partial charge in [0.15, 0.2) is 0 Å². The normalized spacial score (nSPS) is 10.8. The minimum atomic E-state index is 0.443. The molecule has 1 aromatic carbocycles. The van der Waals surface area contributed by atoms with Crippen molar-refractivity contribution in [1.82, 2.24) is 9.59 Å². The highest BCUT2D eigenvalue weighted by atomic mass is 35.5. The molecule has 0 unspecified atom stereocenters. The molecule has 1 heterocycles. The molecule has 12 heavy (non-hydrogen) atoms. The topological polar surface area (TPSA) is 51.8 Å². The summed E-state index contributed by atoms with van der Waals surface area (Å²) in [4.78, 5) is 0. The molecule has 0 aliphatic rings. The number of fused-ring (bicyclic) bond motifs is 1. The molecular formula is C6H3Cl2N3S. The van der Waals surface area contributed by atoms with Crippen LogP contribution in [0.3, 0.4) is 0 Å². The van der Waals surface area contributed by atoms with Crippen LogP contribution in [0.5, 0.6) is 0 Å². The van der Waals surface area contributed by atoms with Crippen LogP contribution in [0.15, 0.2) is 6.07 Å². The fraction of sp³-hybridized carbons (Fsp3) is 0. The molecule has 0 fully saturated rings. The van der Waals surface area contributed by atoms with Crippen molar-refractivity contribution < 1.29 is 0 Å². The second-order valence-electron chi connectivity index (χ2n) is 2.20. The Morgan fingerprint density at radius 1 is 1.33 bits per heavy atom. The summed E-state index contributed by atoms with van der Waals surface area (Å²) < 4.78 is 4.48. The van der Waals surface area contributed by atoms with Crippen LogP contribution in [0.25, 0.3) is 10.2 Å². The molecule has 3 nitrogen and oxygen atoms in total. The van der Waals surface area contributed by atoms with E-state index in [9.17, 15) is 0 Å². The number of anilines is 1. The summed E-state index contributed by atoms with van der Waals surface area (Å²) in [5.41, 5.74) is 6.78. The van der Waals surface area contributed by atoms with Crippen LogP contribution >= 0.6 is 34.7 Å². The lowest BCUT2D eigenvalue weighted by Crippen LogP contribution is -1.86. The molecule has 0 radical (unpaired) electrons. The van der Waals surface area contributed by atoms with E-state index in [-0.39, 0.29) is 0 Å². The fourth-order valence-electron chi connectivity index (χ4n) is 0.889. The summed E-state index contributed by atoms with van der Waals surface area (Å²) in [6.45, 7) is 0. The Labute approximate surface area is 82.2 Å². The van der Waals surface area contributed by atoms with Gasteiger partial charge in [0.1, 0.15) is 10.2 Å². The first-order valence-corrected chi connectivity index (χ1v) is 4.58. The van der Waals surface area contributed by atoms with Crippen molar-refractivity contribution in [3.63, 3.8) is 0 Å². The number of nitrogens with two attached hydrogens (primary N) is 1. The van der Waals surface area contributed by atoms with Gasteiger partial charge >= 0.3 is 0 Å². The van der Waals surface area contributed by atoms with Crippen molar-refractivity contribution in [2.45, 2.75) is 0 Å². The monoisotopic (exact) mass is 219 g/mol. The van der Waals surface area contributed by atoms with E-state index in [1.807, 2.05) is 0 Å². The molecule has 1 aromatic heterocycles. The Bertz CT molecular complexity index is 440. The number of rotatable bonds is 0. The summed E-state index contributed by atoms with van der Waals surface area (Å²) in [6, 6.07) is 1.57. The highest BCUT2D eigenvalue weighted by Crippen LogP contribution is 2.34. The molecule has 0 atom stereocenters. The average Bonchev–Trinajstić information content (AvgIpc) is 2.48. The number of nitrogen functional groups attached to an aromatic ring is 1. The standard InChI is InChI=1S/C6H3Cl2N3S/c7-2-1-3(8)5-6(4(2)9)12-11-10-5/h1H,9H2. The van der Waals surface area contributed by atoms with Gasteiger partial charge in [-0.05, 0) is 17.6 Å². The van der Waals surface area contributed by atoms with Crippen LogP contribution < -0.4 is 5.73 Å². The summed E-state index contributed by atoms with van der Waals surface area (Å²) in [5.74, 6) is 0. The van der Waals surface area contributed by atoms with E-state index in [4.69, 9.17) is 28.9 Å². The van der Waals surface area contributed by atoms with E-state index in [0.29, 0.717) is 21.2 Å². The van der Waals surface area contributed by atoms with Gasteiger partial charge in [0.25, 0.3) is 0 Å². The third kappa shape index (κ3) is 1.03. The SMILES string of the molecule is Nc1c(Cl)cc(Cl)c2nnsc12. The lowest BCUT2D eigenvalue weighted by Gasteiger charge is -1.98. The second kappa shape index (κ2) is 2.73. The number of halogens is 2. The van der Waals surface area contributed by atoms with Crippen molar-refractivity contribution >= 4 is 50.6 Å². The maximum atomic E-state index is 5.84. The highest BCUT2D eigenvalue weighted by Gasteiger charge is 2.10. The molecule has 0 spiro atoms. The lowest BCUT2D eigenvalue weighted by molar-refractivity contribution is 1.20. The largest absolute Gasteiger partial charge is 0.396 e. The van der Waals surface area contributed by atoms with Gasteiger partial charge in [-0.15, -0.1) is 5.10 Å². The van der Waals surface area contributed by atoms with E-state index in [2.05, 4.69) is 9.59 Å². The number of nitrogens with zero attached hydrogens (tertiary/aromatic N) is 2. The summed E-state index contributed by atoms with van der Waals surface area (Å²) in [7, 11) is 0. The van der Waals surface area contributed by atoms with Gasteiger partial charge in [-0.25, -0.2) is 0 Å². The third-order valence-corrected chi connectivity index (χ3v) is 2.83. The van der Waals surface area contributed by atoms with E-state index in [1.165, 1.54) is 11.5 Å². The lowest BCUT2D eigenvalue weighted by atomic mass is 10.3. The zero-order valence-electron chi connectivity index (χ0n) is 5.71. The molecular weight excluding hydrogens is 217 g/mol. The third-order valence-electron chi connectivity index (χ3n) is 1.47. The van der Waals surface area contributed by atoms with Gasteiger partial charge in [-0.1, -0.05) is 27.7 Å². The van der Waals surface area contributed by atoms with E-state index >= 15 is 0 Å². The predicted molar refractivity (Wildman–Crippen MR) is 51.8 cm³/mol. The van der Waals surface area contributed by atoms with Crippen LogP contribution in [0.2, 0.25) is 10.0 Å². The van der Waals surface area contributed by atoms with Crippen LogP contribution in [0.1, 0.15) is 0 Å². The van der Waals surface area contributed by atoms with Crippen molar-refractivity contribution in [3.8, 4) is 0 Å². The predicted octanol–water partition coefficient (Wildman–Crippen LogP) is 2.58. The van der Waals surface area contributed by atoms with Crippen molar-refractivity contribution in [1.29, 1.82) is 0 Å². The van der Waals surface area contributed by atoms with E-state index < -0.39 is 0 Å². The van der Waals surface area contributed by atoms with Gasteiger partial charge in [0, 0.05) is 0 Å². The number of hydrogen-bond donors (Lipinski definition) is 1. The maximum absolute atomic E-state index is 5.84. The molecule has 0 bridgehead atoms. The van der Waals surface area contributed by atoms with Crippen molar-refractivity contribution in [2.75, 3.05) is 5.73 Å². The molecule has 0 aliphatic heterocycles. The van der Waals surface area contributed by atoms with Crippen molar-refractivity contribution in [2.24, 2.45) is 0 Å². The second-order valence-corrected chi connectivity index (χ2v) is 3.77. The molecule has 0 saturated carbocycles.